The van der Waals surface area contributed by atoms with Crippen molar-refractivity contribution in [2.45, 2.75) is 74.1 Å². The largest absolute Gasteiger partial charge is 0.374 e. The predicted molar refractivity (Wildman–Crippen MR) is 127 cm³/mol. The van der Waals surface area contributed by atoms with Crippen molar-refractivity contribution in [2.75, 3.05) is 13.2 Å². The first kappa shape index (κ1) is 20.3. The summed E-state index contributed by atoms with van der Waals surface area (Å²) in [4.78, 5) is 0. The average molecular weight is 435 g/mol. The van der Waals surface area contributed by atoms with Crippen LogP contribution in [0.1, 0.15) is 86.8 Å². The van der Waals surface area contributed by atoms with Crippen LogP contribution in [-0.2, 0) is 19.0 Å². The molecule has 6 rings (SSSR count). The van der Waals surface area contributed by atoms with E-state index in [1.807, 2.05) is 0 Å². The fraction of sp³-hybridized carbons (Fsp3) is 0.571. The Morgan fingerprint density at radius 1 is 0.710 bits per heavy atom. The van der Waals surface area contributed by atoms with Crippen LogP contribution >= 0.6 is 11.8 Å². The van der Waals surface area contributed by atoms with E-state index < -0.39 is 0 Å². The predicted octanol–water partition coefficient (Wildman–Crippen LogP) is 7.29. The Morgan fingerprint density at radius 2 is 1.13 bits per heavy atom. The molecule has 2 aliphatic heterocycles. The van der Waals surface area contributed by atoms with Crippen LogP contribution in [0.3, 0.4) is 0 Å². The number of ether oxygens (including phenoxy) is 2. The Balaban J connectivity index is 1.38. The van der Waals surface area contributed by atoms with Gasteiger partial charge in [0.25, 0.3) is 0 Å². The van der Waals surface area contributed by atoms with Crippen molar-refractivity contribution in [3.05, 3.63) is 70.8 Å². The molecule has 2 aliphatic carbocycles. The van der Waals surface area contributed by atoms with Crippen molar-refractivity contribution in [1.29, 1.82) is 0 Å². The van der Waals surface area contributed by atoms with Crippen molar-refractivity contribution < 1.29 is 9.47 Å². The molecule has 6 unspecified atom stereocenters. The zero-order valence-corrected chi connectivity index (χ0v) is 19.6. The molecule has 2 saturated heterocycles. The lowest BCUT2D eigenvalue weighted by Crippen LogP contribution is -2.19. The van der Waals surface area contributed by atoms with E-state index in [2.05, 4.69) is 74.1 Å². The summed E-state index contributed by atoms with van der Waals surface area (Å²) in [6.07, 6.45) is 7.82. The van der Waals surface area contributed by atoms with Crippen LogP contribution in [0.2, 0.25) is 0 Å². The number of benzene rings is 2. The molecule has 164 valence electrons. The van der Waals surface area contributed by atoms with Gasteiger partial charge in [-0.25, -0.2) is 0 Å². The van der Waals surface area contributed by atoms with Gasteiger partial charge in [0, 0.05) is 22.7 Å². The van der Waals surface area contributed by atoms with Crippen LogP contribution in [0.4, 0.5) is 0 Å². The van der Waals surface area contributed by atoms with E-state index in [1.54, 1.807) is 11.1 Å². The Labute approximate surface area is 191 Å². The van der Waals surface area contributed by atoms with Crippen LogP contribution in [0, 0.1) is 11.8 Å². The number of hydrogen-bond acceptors (Lipinski definition) is 3. The molecule has 3 heteroatoms. The second kappa shape index (κ2) is 7.64. The van der Waals surface area contributed by atoms with Gasteiger partial charge in [0.15, 0.2) is 0 Å². The summed E-state index contributed by atoms with van der Waals surface area (Å²) >= 11 is 2.28. The Kier molecular flexibility index (Phi) is 5.01. The summed E-state index contributed by atoms with van der Waals surface area (Å²) in [5.41, 5.74) is 6.00. The minimum absolute atomic E-state index is 0.219. The molecule has 4 fully saturated rings. The van der Waals surface area contributed by atoms with Gasteiger partial charge in [0.2, 0.25) is 0 Å². The van der Waals surface area contributed by atoms with Crippen molar-refractivity contribution in [2.24, 2.45) is 11.8 Å². The van der Waals surface area contributed by atoms with Crippen LogP contribution in [0.15, 0.2) is 48.5 Å². The number of hydrogen-bond donors (Lipinski definition) is 0. The summed E-state index contributed by atoms with van der Waals surface area (Å²) in [6, 6.07) is 18.4. The van der Waals surface area contributed by atoms with Gasteiger partial charge in [-0.2, -0.15) is 0 Å². The third-order valence-corrected chi connectivity index (χ3v) is 10.5. The topological polar surface area (TPSA) is 18.5 Å². The maximum absolute atomic E-state index is 6.15. The van der Waals surface area contributed by atoms with E-state index in [-0.39, 0.29) is 21.7 Å². The summed E-state index contributed by atoms with van der Waals surface area (Å²) in [5.74, 6) is 1.42. The molecule has 0 bridgehead atoms. The molecular formula is C28H34O2S. The number of thioether (sulfide) groups is 1. The van der Waals surface area contributed by atoms with Crippen molar-refractivity contribution >= 4 is 11.8 Å². The monoisotopic (exact) mass is 434 g/mol. The summed E-state index contributed by atoms with van der Waals surface area (Å²) in [7, 11) is 0. The minimum Gasteiger partial charge on any atom is -0.374 e. The molecule has 2 nitrogen and oxygen atoms in total. The average Bonchev–Trinajstić information content (AvgIpc) is 3.38. The maximum Gasteiger partial charge on any atom is 0.0828 e. The molecule has 2 aromatic carbocycles. The zero-order valence-electron chi connectivity index (χ0n) is 18.8. The lowest BCUT2D eigenvalue weighted by atomic mass is 9.95. The molecule has 2 heterocycles. The fourth-order valence-electron chi connectivity index (χ4n) is 6.23. The maximum atomic E-state index is 6.15. The Bertz CT molecular complexity index is 883. The van der Waals surface area contributed by atoms with Crippen LogP contribution < -0.4 is 0 Å². The highest BCUT2D eigenvalue weighted by Crippen LogP contribution is 2.75. The molecule has 2 saturated carbocycles. The van der Waals surface area contributed by atoms with Crippen LogP contribution in [0.25, 0.3) is 0 Å². The quantitative estimate of drug-likeness (QED) is 0.475. The van der Waals surface area contributed by atoms with E-state index in [0.29, 0.717) is 11.8 Å². The third-order valence-electron chi connectivity index (χ3n) is 8.24. The highest BCUT2D eigenvalue weighted by atomic mass is 32.2. The van der Waals surface area contributed by atoms with E-state index in [4.69, 9.17) is 9.47 Å². The second-order valence-corrected chi connectivity index (χ2v) is 11.9. The van der Waals surface area contributed by atoms with Gasteiger partial charge < -0.3 is 9.47 Å². The first-order valence-corrected chi connectivity index (χ1v) is 13.1. The van der Waals surface area contributed by atoms with Gasteiger partial charge in [-0.15, -0.1) is 11.8 Å². The molecular weight excluding hydrogens is 400 g/mol. The van der Waals surface area contributed by atoms with Gasteiger partial charge in [-0.05, 0) is 72.6 Å². The highest BCUT2D eigenvalue weighted by Gasteiger charge is 2.65. The van der Waals surface area contributed by atoms with E-state index in [1.165, 1.54) is 36.8 Å². The fourth-order valence-corrected chi connectivity index (χ4v) is 8.55. The minimum atomic E-state index is 0.219. The standard InChI is InChI=1S/C28H34O2S/c1-19-17-27(19,23-11-5-3-9-21(23)25-13-7-15-29-25)31-28(18-20(28)2)24-12-6-4-10-22(24)26-14-8-16-30-26/h3-6,9-12,19-20,25-26H,7-8,13-18H2,1-2H3. The lowest BCUT2D eigenvalue weighted by Gasteiger charge is -2.30. The van der Waals surface area contributed by atoms with E-state index in [9.17, 15) is 0 Å². The molecule has 0 amide bonds. The highest BCUT2D eigenvalue weighted by molar-refractivity contribution is 8.01. The SMILES string of the molecule is CC1CC1(SC1(c2ccccc2C2CCCO2)CC1C)c1ccccc1C1CCCO1. The van der Waals surface area contributed by atoms with E-state index in [0.717, 1.165) is 26.1 Å². The van der Waals surface area contributed by atoms with Gasteiger partial charge in [-0.1, -0.05) is 62.4 Å². The van der Waals surface area contributed by atoms with Gasteiger partial charge >= 0.3 is 0 Å². The smallest absolute Gasteiger partial charge is 0.0828 e. The molecule has 0 N–H and O–H groups in total. The molecule has 31 heavy (non-hydrogen) atoms. The molecule has 4 aliphatic rings. The van der Waals surface area contributed by atoms with E-state index >= 15 is 0 Å². The van der Waals surface area contributed by atoms with Gasteiger partial charge in [-0.3, -0.25) is 0 Å². The number of rotatable bonds is 6. The molecule has 2 aromatic rings. The summed E-state index contributed by atoms with van der Waals surface area (Å²) < 4.78 is 12.7. The van der Waals surface area contributed by atoms with Crippen molar-refractivity contribution in [3.8, 4) is 0 Å². The molecule has 0 radical (unpaired) electrons. The summed E-state index contributed by atoms with van der Waals surface area (Å²) in [6.45, 7) is 6.72. The van der Waals surface area contributed by atoms with Gasteiger partial charge in [0.05, 0.1) is 12.2 Å². The summed E-state index contributed by atoms with van der Waals surface area (Å²) in [5, 5.41) is 0. The Morgan fingerprint density at radius 3 is 1.48 bits per heavy atom. The normalized spacial score (nSPS) is 39.0. The van der Waals surface area contributed by atoms with Gasteiger partial charge in [0.1, 0.15) is 0 Å². The molecule has 0 spiro atoms. The molecule has 0 aromatic heterocycles. The Hall–Kier alpha value is -1.29. The lowest BCUT2D eigenvalue weighted by molar-refractivity contribution is 0.111. The van der Waals surface area contributed by atoms with Crippen LogP contribution in [0.5, 0.6) is 0 Å². The van der Waals surface area contributed by atoms with Crippen molar-refractivity contribution in [3.63, 3.8) is 0 Å². The van der Waals surface area contributed by atoms with Crippen LogP contribution in [-0.4, -0.2) is 13.2 Å². The third kappa shape index (κ3) is 3.31. The zero-order chi connectivity index (χ0) is 21.1. The second-order valence-electron chi connectivity index (χ2n) is 10.3. The molecule has 6 atom stereocenters. The van der Waals surface area contributed by atoms with Crippen molar-refractivity contribution in [1.82, 2.24) is 0 Å². The first-order valence-electron chi connectivity index (χ1n) is 12.3. The first-order chi connectivity index (χ1) is 15.1.